The molecule has 1 heterocycles. The predicted octanol–water partition coefficient (Wildman–Crippen LogP) is 2.64. The van der Waals surface area contributed by atoms with Crippen LogP contribution in [-0.4, -0.2) is 29.8 Å². The van der Waals surface area contributed by atoms with Gasteiger partial charge >= 0.3 is 0 Å². The summed E-state index contributed by atoms with van der Waals surface area (Å²) >= 11 is 0. The standard InChI is InChI=1S/C17H22N2O2/c1-12-5-6-14(13(2)11-12)18-15(20)17(7-8-17)16(21)19-9-3-4-10-19/h5-6,11H,3-4,7-10H2,1-2H3,(H,18,20). The molecule has 2 amide bonds. The zero-order valence-corrected chi connectivity index (χ0v) is 12.7. The minimum Gasteiger partial charge on any atom is -0.342 e. The van der Waals surface area contributed by atoms with Gasteiger partial charge in [0.2, 0.25) is 11.8 Å². The van der Waals surface area contributed by atoms with Crippen LogP contribution >= 0.6 is 0 Å². The average molecular weight is 286 g/mol. The Morgan fingerprint density at radius 2 is 1.81 bits per heavy atom. The third-order valence-corrected chi connectivity index (χ3v) is 4.62. The highest BCUT2D eigenvalue weighted by molar-refractivity contribution is 6.13. The number of amides is 2. The minimum absolute atomic E-state index is 0.0299. The zero-order valence-electron chi connectivity index (χ0n) is 12.7. The summed E-state index contributed by atoms with van der Waals surface area (Å²) in [5.41, 5.74) is 2.22. The molecule has 1 aliphatic carbocycles. The number of nitrogens with one attached hydrogen (secondary N) is 1. The highest BCUT2D eigenvalue weighted by Crippen LogP contribution is 2.48. The van der Waals surface area contributed by atoms with Crippen LogP contribution in [0.15, 0.2) is 18.2 Å². The number of hydrogen-bond acceptors (Lipinski definition) is 2. The van der Waals surface area contributed by atoms with Gasteiger partial charge in [-0.2, -0.15) is 0 Å². The van der Waals surface area contributed by atoms with Gasteiger partial charge in [-0.25, -0.2) is 0 Å². The number of likely N-dealkylation sites (tertiary alicyclic amines) is 1. The largest absolute Gasteiger partial charge is 0.342 e. The summed E-state index contributed by atoms with van der Waals surface area (Å²) in [6.45, 7) is 5.61. The van der Waals surface area contributed by atoms with Crippen LogP contribution in [-0.2, 0) is 9.59 Å². The second kappa shape index (κ2) is 5.17. The van der Waals surface area contributed by atoms with E-state index in [4.69, 9.17) is 0 Å². The highest BCUT2D eigenvalue weighted by Gasteiger charge is 2.58. The summed E-state index contributed by atoms with van der Waals surface area (Å²) in [7, 11) is 0. The predicted molar refractivity (Wildman–Crippen MR) is 82.0 cm³/mol. The normalized spacial score (nSPS) is 19.4. The van der Waals surface area contributed by atoms with Gasteiger partial charge < -0.3 is 10.2 Å². The van der Waals surface area contributed by atoms with E-state index >= 15 is 0 Å². The van der Waals surface area contributed by atoms with Crippen molar-refractivity contribution in [2.45, 2.75) is 39.5 Å². The molecule has 1 aromatic rings. The SMILES string of the molecule is Cc1ccc(NC(=O)C2(C(=O)N3CCCC3)CC2)c(C)c1. The lowest BCUT2D eigenvalue weighted by atomic mass is 10.0. The maximum Gasteiger partial charge on any atom is 0.240 e. The second-order valence-corrected chi connectivity index (χ2v) is 6.35. The summed E-state index contributed by atoms with van der Waals surface area (Å²) in [5, 5.41) is 2.96. The molecular formula is C17H22N2O2. The summed E-state index contributed by atoms with van der Waals surface area (Å²) in [6.07, 6.45) is 3.47. The van der Waals surface area contributed by atoms with E-state index in [1.807, 2.05) is 36.9 Å². The van der Waals surface area contributed by atoms with E-state index in [2.05, 4.69) is 5.32 Å². The molecule has 0 radical (unpaired) electrons. The molecule has 1 saturated heterocycles. The number of benzene rings is 1. The van der Waals surface area contributed by atoms with Crippen molar-refractivity contribution in [2.75, 3.05) is 18.4 Å². The van der Waals surface area contributed by atoms with Crippen LogP contribution in [0, 0.1) is 19.3 Å². The van der Waals surface area contributed by atoms with Crippen LogP contribution in [0.1, 0.15) is 36.8 Å². The lowest BCUT2D eigenvalue weighted by molar-refractivity contribution is -0.141. The Morgan fingerprint density at radius 3 is 2.38 bits per heavy atom. The zero-order chi connectivity index (χ0) is 15.0. The molecule has 1 saturated carbocycles. The molecule has 1 aliphatic heterocycles. The van der Waals surface area contributed by atoms with Gasteiger partial charge in [0, 0.05) is 18.8 Å². The van der Waals surface area contributed by atoms with Crippen molar-refractivity contribution in [1.29, 1.82) is 0 Å². The van der Waals surface area contributed by atoms with Crippen LogP contribution in [0.4, 0.5) is 5.69 Å². The molecule has 112 valence electrons. The fraction of sp³-hybridized carbons (Fsp3) is 0.529. The number of anilines is 1. The second-order valence-electron chi connectivity index (χ2n) is 6.35. The molecule has 1 aromatic carbocycles. The van der Waals surface area contributed by atoms with Gasteiger partial charge in [0.05, 0.1) is 0 Å². The lowest BCUT2D eigenvalue weighted by Crippen LogP contribution is -2.41. The summed E-state index contributed by atoms with van der Waals surface area (Å²) in [5.74, 6) is -0.103. The third-order valence-electron chi connectivity index (χ3n) is 4.62. The summed E-state index contributed by atoms with van der Waals surface area (Å²) < 4.78 is 0. The monoisotopic (exact) mass is 286 g/mol. The van der Waals surface area contributed by atoms with Crippen LogP contribution in [0.3, 0.4) is 0 Å². The lowest BCUT2D eigenvalue weighted by Gasteiger charge is -2.22. The van der Waals surface area contributed by atoms with E-state index in [0.29, 0.717) is 12.8 Å². The fourth-order valence-corrected chi connectivity index (χ4v) is 3.08. The molecule has 1 N–H and O–H groups in total. The van der Waals surface area contributed by atoms with Crippen molar-refractivity contribution in [3.63, 3.8) is 0 Å². The third kappa shape index (κ3) is 2.55. The number of rotatable bonds is 3. The van der Waals surface area contributed by atoms with Gasteiger partial charge in [-0.15, -0.1) is 0 Å². The number of nitrogens with zero attached hydrogens (tertiary/aromatic N) is 1. The Balaban J connectivity index is 1.74. The van der Waals surface area contributed by atoms with E-state index in [1.165, 1.54) is 5.56 Å². The molecule has 0 unspecified atom stereocenters. The molecule has 2 fully saturated rings. The molecule has 0 spiro atoms. The van der Waals surface area contributed by atoms with Crippen molar-refractivity contribution < 1.29 is 9.59 Å². The molecule has 0 atom stereocenters. The first-order valence-electron chi connectivity index (χ1n) is 7.71. The van der Waals surface area contributed by atoms with Crippen molar-refractivity contribution in [1.82, 2.24) is 4.90 Å². The minimum atomic E-state index is -0.790. The molecular weight excluding hydrogens is 264 g/mol. The van der Waals surface area contributed by atoms with Gasteiger partial charge in [-0.1, -0.05) is 17.7 Å². The maximum atomic E-state index is 12.6. The van der Waals surface area contributed by atoms with Crippen molar-refractivity contribution in [2.24, 2.45) is 5.41 Å². The molecule has 4 nitrogen and oxygen atoms in total. The first-order chi connectivity index (χ1) is 10.0. The van der Waals surface area contributed by atoms with Gasteiger partial charge in [0.1, 0.15) is 5.41 Å². The number of carbonyl (C=O) groups is 2. The van der Waals surface area contributed by atoms with Gasteiger partial charge in [0.15, 0.2) is 0 Å². The van der Waals surface area contributed by atoms with E-state index in [-0.39, 0.29) is 11.8 Å². The number of hydrogen-bond donors (Lipinski definition) is 1. The summed E-state index contributed by atoms with van der Waals surface area (Å²) in [6, 6.07) is 5.93. The van der Waals surface area contributed by atoms with Gasteiger partial charge in [-0.3, -0.25) is 9.59 Å². The number of carbonyl (C=O) groups excluding carboxylic acids is 2. The average Bonchev–Trinajstić information content (AvgIpc) is 3.08. The topological polar surface area (TPSA) is 49.4 Å². The summed E-state index contributed by atoms with van der Waals surface area (Å²) in [4.78, 5) is 27.0. The smallest absolute Gasteiger partial charge is 0.240 e. The van der Waals surface area contributed by atoms with Crippen LogP contribution < -0.4 is 5.32 Å². The van der Waals surface area contributed by atoms with E-state index in [9.17, 15) is 9.59 Å². The molecule has 0 aromatic heterocycles. The quantitative estimate of drug-likeness (QED) is 0.868. The van der Waals surface area contributed by atoms with Crippen molar-refractivity contribution in [3.05, 3.63) is 29.3 Å². The van der Waals surface area contributed by atoms with E-state index in [0.717, 1.165) is 37.2 Å². The van der Waals surface area contributed by atoms with Gasteiger partial charge in [-0.05, 0) is 51.2 Å². The Bertz CT molecular complexity index is 584. The highest BCUT2D eigenvalue weighted by atomic mass is 16.2. The van der Waals surface area contributed by atoms with E-state index in [1.54, 1.807) is 0 Å². The Labute approximate surface area is 125 Å². The first kappa shape index (κ1) is 14.1. The Morgan fingerprint density at radius 1 is 1.14 bits per heavy atom. The Hall–Kier alpha value is -1.84. The van der Waals surface area contributed by atoms with Crippen LogP contribution in [0.5, 0.6) is 0 Å². The first-order valence-corrected chi connectivity index (χ1v) is 7.71. The molecule has 4 heteroatoms. The van der Waals surface area contributed by atoms with Crippen LogP contribution in [0.2, 0.25) is 0 Å². The maximum absolute atomic E-state index is 12.6. The number of aryl methyl sites for hydroxylation is 2. The van der Waals surface area contributed by atoms with Gasteiger partial charge in [0.25, 0.3) is 0 Å². The van der Waals surface area contributed by atoms with Crippen molar-refractivity contribution >= 4 is 17.5 Å². The van der Waals surface area contributed by atoms with Crippen molar-refractivity contribution in [3.8, 4) is 0 Å². The molecule has 0 bridgehead atoms. The molecule has 21 heavy (non-hydrogen) atoms. The Kier molecular flexibility index (Phi) is 3.47. The molecule has 3 rings (SSSR count). The molecule has 2 aliphatic rings. The van der Waals surface area contributed by atoms with E-state index < -0.39 is 5.41 Å². The fourth-order valence-electron chi connectivity index (χ4n) is 3.08. The van der Waals surface area contributed by atoms with Crippen LogP contribution in [0.25, 0.3) is 0 Å².